The van der Waals surface area contributed by atoms with E-state index in [0.717, 1.165) is 10.4 Å². The third-order valence-corrected chi connectivity index (χ3v) is 4.81. The van der Waals surface area contributed by atoms with Crippen molar-refractivity contribution in [2.24, 2.45) is 0 Å². The van der Waals surface area contributed by atoms with Crippen molar-refractivity contribution in [2.75, 3.05) is 6.79 Å². The molecule has 0 amide bonds. The average Bonchev–Trinajstić information content (AvgIpc) is 2.97. The van der Waals surface area contributed by atoms with E-state index < -0.39 is 5.97 Å². The molecule has 120 valence electrons. The van der Waals surface area contributed by atoms with E-state index in [4.69, 9.17) is 26.8 Å². The van der Waals surface area contributed by atoms with Gasteiger partial charge in [0.05, 0.1) is 0 Å². The maximum Gasteiger partial charge on any atom is 0.303 e. The first kappa shape index (κ1) is 15.7. The summed E-state index contributed by atoms with van der Waals surface area (Å²) in [6, 6.07) is 6.98. The third-order valence-electron chi connectivity index (χ3n) is 3.37. The van der Waals surface area contributed by atoms with E-state index in [1.807, 2.05) is 12.1 Å². The van der Waals surface area contributed by atoms with E-state index in [0.29, 0.717) is 28.4 Å². The van der Waals surface area contributed by atoms with E-state index >= 15 is 0 Å². The standard InChI is InChI=1S/C15H13NO5S2/c17-13-7-12(9-3-4-10-11(6-9)21-8-20-10)23-15(22)16(13)5-1-2-14(18)19/h3-4,6-7H,1-2,5,8H2,(H,18,19). The van der Waals surface area contributed by atoms with Gasteiger partial charge in [-0.25, -0.2) is 0 Å². The molecule has 6 nitrogen and oxygen atoms in total. The molecule has 0 saturated carbocycles. The number of rotatable bonds is 5. The molecule has 0 atom stereocenters. The zero-order valence-corrected chi connectivity index (χ0v) is 13.6. The molecule has 1 aromatic carbocycles. The van der Waals surface area contributed by atoms with E-state index in [2.05, 4.69) is 0 Å². The van der Waals surface area contributed by atoms with Gasteiger partial charge in [-0.15, -0.1) is 11.3 Å². The van der Waals surface area contributed by atoms with Crippen molar-refractivity contribution in [2.45, 2.75) is 19.4 Å². The summed E-state index contributed by atoms with van der Waals surface area (Å²) in [7, 11) is 0. The molecule has 2 aromatic rings. The van der Waals surface area contributed by atoms with E-state index in [1.54, 1.807) is 6.07 Å². The first-order chi connectivity index (χ1) is 11.0. The predicted molar refractivity (Wildman–Crippen MR) is 87.8 cm³/mol. The van der Waals surface area contributed by atoms with Crippen LogP contribution in [0.2, 0.25) is 0 Å². The molecule has 1 aromatic heterocycles. The smallest absolute Gasteiger partial charge is 0.303 e. The van der Waals surface area contributed by atoms with Crippen LogP contribution in [0, 0.1) is 3.95 Å². The van der Waals surface area contributed by atoms with Gasteiger partial charge in [-0.1, -0.05) is 0 Å². The van der Waals surface area contributed by atoms with Crippen LogP contribution in [0.15, 0.2) is 29.1 Å². The summed E-state index contributed by atoms with van der Waals surface area (Å²) in [5.41, 5.74) is 0.604. The van der Waals surface area contributed by atoms with Gasteiger partial charge in [0.25, 0.3) is 5.56 Å². The van der Waals surface area contributed by atoms with Crippen LogP contribution in [0.4, 0.5) is 0 Å². The zero-order valence-electron chi connectivity index (χ0n) is 12.0. The molecule has 0 spiro atoms. The van der Waals surface area contributed by atoms with Crippen LogP contribution in [0.3, 0.4) is 0 Å². The second-order valence-electron chi connectivity index (χ2n) is 4.93. The Balaban J connectivity index is 1.89. The van der Waals surface area contributed by atoms with Gasteiger partial charge in [-0.3, -0.25) is 14.2 Å². The SMILES string of the molecule is O=C(O)CCCn1c(=O)cc(-c2ccc3c(c2)OCO3)sc1=S. The molecule has 0 unspecified atom stereocenters. The van der Waals surface area contributed by atoms with Crippen LogP contribution in [-0.2, 0) is 11.3 Å². The summed E-state index contributed by atoms with van der Waals surface area (Å²) in [5, 5.41) is 8.67. The van der Waals surface area contributed by atoms with Crippen molar-refractivity contribution in [3.05, 3.63) is 38.6 Å². The first-order valence-electron chi connectivity index (χ1n) is 6.91. The van der Waals surface area contributed by atoms with E-state index in [-0.39, 0.29) is 18.8 Å². The summed E-state index contributed by atoms with van der Waals surface area (Å²) in [6.45, 7) is 0.502. The molecule has 3 rings (SSSR count). The molecule has 8 heteroatoms. The van der Waals surface area contributed by atoms with E-state index in [9.17, 15) is 9.59 Å². The Morgan fingerprint density at radius 3 is 2.83 bits per heavy atom. The van der Waals surface area contributed by atoms with Crippen molar-refractivity contribution in [3.63, 3.8) is 0 Å². The molecule has 1 aliphatic rings. The highest BCUT2D eigenvalue weighted by molar-refractivity contribution is 7.73. The number of benzene rings is 1. The van der Waals surface area contributed by atoms with E-state index in [1.165, 1.54) is 22.0 Å². The monoisotopic (exact) mass is 351 g/mol. The molecule has 0 fully saturated rings. The number of carbonyl (C=O) groups is 1. The van der Waals surface area contributed by atoms with Gasteiger partial charge in [-0.05, 0) is 42.4 Å². The minimum Gasteiger partial charge on any atom is -0.481 e. The average molecular weight is 351 g/mol. The van der Waals surface area contributed by atoms with Crippen LogP contribution in [0.25, 0.3) is 10.4 Å². The lowest BCUT2D eigenvalue weighted by Gasteiger charge is -2.07. The molecule has 1 aliphatic heterocycles. The highest BCUT2D eigenvalue weighted by atomic mass is 32.1. The van der Waals surface area contributed by atoms with Crippen LogP contribution in [0.1, 0.15) is 12.8 Å². The van der Waals surface area contributed by atoms with Crippen LogP contribution in [-0.4, -0.2) is 22.4 Å². The summed E-state index contributed by atoms with van der Waals surface area (Å²) in [4.78, 5) is 23.5. The third kappa shape index (κ3) is 3.43. The Labute approximate surface area is 140 Å². The second kappa shape index (κ2) is 6.51. The lowest BCUT2D eigenvalue weighted by Crippen LogP contribution is -2.19. The number of aromatic nitrogens is 1. The van der Waals surface area contributed by atoms with Gasteiger partial charge >= 0.3 is 5.97 Å². The Morgan fingerprint density at radius 2 is 2.09 bits per heavy atom. The minimum absolute atomic E-state index is 0.00971. The second-order valence-corrected chi connectivity index (χ2v) is 6.61. The summed E-state index contributed by atoms with van der Waals surface area (Å²) in [6.07, 6.45) is 0.380. The fourth-order valence-electron chi connectivity index (χ4n) is 2.24. The molecule has 2 heterocycles. The van der Waals surface area contributed by atoms with Gasteiger partial charge < -0.3 is 14.6 Å². The molecular weight excluding hydrogens is 338 g/mol. The molecule has 1 N–H and O–H groups in total. The Hall–Kier alpha value is -2.19. The molecule has 0 bridgehead atoms. The molecule has 0 aliphatic carbocycles. The highest BCUT2D eigenvalue weighted by Crippen LogP contribution is 2.36. The Bertz CT molecular complexity index is 840. The number of carboxylic acid groups (broad SMARTS) is 1. The van der Waals surface area contributed by atoms with Gasteiger partial charge in [0, 0.05) is 23.9 Å². The molecular formula is C15H13NO5S2. The molecule has 0 radical (unpaired) electrons. The summed E-state index contributed by atoms with van der Waals surface area (Å²) in [5.74, 6) is 0.440. The van der Waals surface area contributed by atoms with Crippen molar-refractivity contribution < 1.29 is 19.4 Å². The van der Waals surface area contributed by atoms with Crippen molar-refractivity contribution in [1.82, 2.24) is 4.57 Å². The zero-order chi connectivity index (χ0) is 16.4. The maximum atomic E-state index is 12.2. The number of hydrogen-bond donors (Lipinski definition) is 1. The van der Waals surface area contributed by atoms with Crippen LogP contribution >= 0.6 is 23.6 Å². The van der Waals surface area contributed by atoms with Gasteiger partial charge in [-0.2, -0.15) is 0 Å². The van der Waals surface area contributed by atoms with Gasteiger partial charge in [0.15, 0.2) is 15.5 Å². The van der Waals surface area contributed by atoms with Crippen molar-refractivity contribution >= 4 is 29.5 Å². The van der Waals surface area contributed by atoms with Gasteiger partial charge in [0.1, 0.15) is 0 Å². The fraction of sp³-hybridized carbons (Fsp3) is 0.267. The maximum absolute atomic E-state index is 12.2. The topological polar surface area (TPSA) is 77.8 Å². The summed E-state index contributed by atoms with van der Waals surface area (Å²) >= 11 is 6.59. The van der Waals surface area contributed by atoms with Crippen molar-refractivity contribution in [1.29, 1.82) is 0 Å². The number of aliphatic carboxylic acids is 1. The number of hydrogen-bond acceptors (Lipinski definition) is 6. The minimum atomic E-state index is -0.885. The number of carboxylic acids is 1. The highest BCUT2D eigenvalue weighted by Gasteiger charge is 2.15. The summed E-state index contributed by atoms with van der Waals surface area (Å²) < 4.78 is 12.5. The Morgan fingerprint density at radius 1 is 1.30 bits per heavy atom. The van der Waals surface area contributed by atoms with Crippen LogP contribution < -0.4 is 15.0 Å². The lowest BCUT2D eigenvalue weighted by molar-refractivity contribution is -0.137. The first-order valence-corrected chi connectivity index (χ1v) is 8.14. The largest absolute Gasteiger partial charge is 0.481 e. The van der Waals surface area contributed by atoms with Crippen LogP contribution in [0.5, 0.6) is 11.5 Å². The number of nitrogens with zero attached hydrogens (tertiary/aromatic N) is 1. The van der Waals surface area contributed by atoms with Gasteiger partial charge in [0.2, 0.25) is 6.79 Å². The molecule has 23 heavy (non-hydrogen) atoms. The van der Waals surface area contributed by atoms with Crippen molar-refractivity contribution in [3.8, 4) is 21.9 Å². The molecule has 0 saturated heterocycles. The normalized spacial score (nSPS) is 12.3. The number of fused-ring (bicyclic) bond motifs is 1. The lowest BCUT2D eigenvalue weighted by atomic mass is 10.1. The predicted octanol–water partition coefficient (Wildman–Crippen LogP) is 2.90. The number of ether oxygens (including phenoxy) is 2. The Kier molecular flexibility index (Phi) is 4.44. The fourth-order valence-corrected chi connectivity index (χ4v) is 3.58. The quantitative estimate of drug-likeness (QED) is 0.835.